The molecule has 0 aromatic heterocycles. The van der Waals surface area contributed by atoms with Crippen molar-refractivity contribution in [2.45, 2.75) is 115 Å². The maximum atomic E-state index is 13.7. The number of anilines is 1. The number of nitrogens with two attached hydrogens (primary N) is 1. The van der Waals surface area contributed by atoms with Gasteiger partial charge in [0.2, 0.25) is 11.8 Å². The van der Waals surface area contributed by atoms with Crippen LogP contribution in [0, 0.1) is 0 Å². The number of rotatable bonds is 15. The van der Waals surface area contributed by atoms with Crippen LogP contribution in [0.5, 0.6) is 0 Å². The highest BCUT2D eigenvalue weighted by molar-refractivity contribution is 5.89. The van der Waals surface area contributed by atoms with Crippen LogP contribution in [0.4, 0.5) is 5.69 Å². The van der Waals surface area contributed by atoms with Crippen LogP contribution in [0.15, 0.2) is 42.5 Å². The maximum absolute atomic E-state index is 13.7. The third kappa shape index (κ3) is 8.39. The standard InChI is InChI=1S/C33H45N3O5/c1-22(37)8-4-3-5-9-24-14-16-25(17-15-24)21-41-23(2)28(18-19-30(34)38)35-33(40)29-20-27-12-6-10-26-11-7-13-31(39)36(29)32(26)27/h6,10,12,14-17,23,28-29,31,39H,3-5,7-9,11,13,18-21H2,1-2H3,(H2,34,38)(H,35,40)/t23-,28+,29+,31?/m1/s1. The summed E-state index contributed by atoms with van der Waals surface area (Å²) in [4.78, 5) is 38.2. The third-order valence-electron chi connectivity index (χ3n) is 8.37. The number of nitrogens with zero attached hydrogens (tertiary/aromatic N) is 1. The monoisotopic (exact) mass is 563 g/mol. The fourth-order valence-electron chi connectivity index (χ4n) is 6.02. The molecule has 8 nitrogen and oxygen atoms in total. The Morgan fingerprint density at radius 2 is 1.78 bits per heavy atom. The summed E-state index contributed by atoms with van der Waals surface area (Å²) in [5.74, 6) is -0.348. The van der Waals surface area contributed by atoms with Crippen molar-refractivity contribution in [2.75, 3.05) is 4.90 Å². The van der Waals surface area contributed by atoms with Crippen molar-refractivity contribution in [2.24, 2.45) is 5.73 Å². The van der Waals surface area contributed by atoms with Crippen LogP contribution in [-0.4, -0.2) is 47.1 Å². The minimum absolute atomic E-state index is 0.140. The second-order valence-electron chi connectivity index (χ2n) is 11.6. The van der Waals surface area contributed by atoms with E-state index in [9.17, 15) is 19.5 Å². The molecule has 0 aliphatic carbocycles. The van der Waals surface area contributed by atoms with Crippen LogP contribution in [0.25, 0.3) is 0 Å². The quantitative estimate of drug-likeness (QED) is 0.280. The zero-order chi connectivity index (χ0) is 29.4. The maximum Gasteiger partial charge on any atom is 0.243 e. The molecule has 41 heavy (non-hydrogen) atoms. The molecule has 4 atom stereocenters. The molecule has 0 fully saturated rings. The van der Waals surface area contributed by atoms with E-state index in [1.807, 2.05) is 24.0 Å². The Morgan fingerprint density at radius 1 is 1.05 bits per heavy atom. The Balaban J connectivity index is 1.34. The first-order valence-electron chi connectivity index (χ1n) is 15.1. The number of amides is 2. The molecule has 0 saturated carbocycles. The van der Waals surface area contributed by atoms with Gasteiger partial charge in [0.05, 0.1) is 18.8 Å². The number of ether oxygens (including phenoxy) is 1. The number of ketones is 1. The number of unbranched alkanes of at least 4 members (excludes halogenated alkanes) is 2. The molecule has 0 radical (unpaired) electrons. The summed E-state index contributed by atoms with van der Waals surface area (Å²) in [6.07, 6.45) is 7.04. The SMILES string of the molecule is CC(=O)CCCCCc1ccc(CO[C@H](C)[C@H](CCC(N)=O)NC(=O)[C@@H]2Cc3cccc4c3N2C(O)CCC4)cc1. The molecular weight excluding hydrogens is 518 g/mol. The summed E-state index contributed by atoms with van der Waals surface area (Å²) in [5.41, 5.74) is 11.0. The van der Waals surface area contributed by atoms with E-state index in [4.69, 9.17) is 10.5 Å². The van der Waals surface area contributed by atoms with Crippen LogP contribution >= 0.6 is 0 Å². The summed E-state index contributed by atoms with van der Waals surface area (Å²) in [7, 11) is 0. The zero-order valence-electron chi connectivity index (χ0n) is 24.4. The molecule has 2 aromatic rings. The second-order valence-corrected chi connectivity index (χ2v) is 11.6. The second kappa shape index (κ2) is 14.6. The van der Waals surface area contributed by atoms with Crippen molar-refractivity contribution >= 4 is 23.3 Å². The van der Waals surface area contributed by atoms with E-state index in [0.29, 0.717) is 32.3 Å². The molecule has 222 valence electrons. The van der Waals surface area contributed by atoms with E-state index in [0.717, 1.165) is 55.3 Å². The molecule has 1 unspecified atom stereocenters. The van der Waals surface area contributed by atoms with Gasteiger partial charge in [-0.3, -0.25) is 9.59 Å². The molecule has 0 saturated heterocycles. The van der Waals surface area contributed by atoms with Gasteiger partial charge >= 0.3 is 0 Å². The highest BCUT2D eigenvalue weighted by atomic mass is 16.5. The van der Waals surface area contributed by atoms with Crippen molar-refractivity contribution in [1.29, 1.82) is 0 Å². The van der Waals surface area contributed by atoms with Gasteiger partial charge in [-0.1, -0.05) is 48.9 Å². The van der Waals surface area contributed by atoms with Crippen molar-refractivity contribution in [3.05, 3.63) is 64.7 Å². The number of aliphatic hydroxyl groups is 1. The molecule has 2 aromatic carbocycles. The molecule has 0 spiro atoms. The van der Waals surface area contributed by atoms with Gasteiger partial charge in [0.15, 0.2) is 0 Å². The minimum atomic E-state index is -0.711. The first kappa shape index (κ1) is 30.7. The number of para-hydroxylation sites is 1. The van der Waals surface area contributed by atoms with Crippen molar-refractivity contribution in [3.63, 3.8) is 0 Å². The number of Topliss-reactive ketones (excluding diaryl/α,β-unsaturated/α-hetero) is 1. The zero-order valence-corrected chi connectivity index (χ0v) is 24.4. The Labute approximate surface area is 243 Å². The van der Waals surface area contributed by atoms with E-state index in [1.54, 1.807) is 6.92 Å². The lowest BCUT2D eigenvalue weighted by molar-refractivity contribution is -0.125. The first-order chi connectivity index (χ1) is 19.7. The Hall–Kier alpha value is -3.23. The number of aliphatic hydroxyl groups excluding tert-OH is 1. The number of carbonyl (C=O) groups excluding carboxylic acids is 3. The molecule has 8 heteroatoms. The Bertz CT molecular complexity index is 1200. The predicted octanol–water partition coefficient (Wildman–Crippen LogP) is 4.12. The summed E-state index contributed by atoms with van der Waals surface area (Å²) in [6, 6.07) is 13.6. The Kier molecular flexibility index (Phi) is 10.9. The van der Waals surface area contributed by atoms with Gasteiger partial charge in [0, 0.05) is 24.9 Å². The summed E-state index contributed by atoms with van der Waals surface area (Å²) in [5, 5.41) is 14.1. The van der Waals surface area contributed by atoms with Crippen molar-refractivity contribution < 1.29 is 24.2 Å². The fraction of sp³-hybridized carbons (Fsp3) is 0.545. The van der Waals surface area contributed by atoms with Gasteiger partial charge in [-0.2, -0.15) is 0 Å². The van der Waals surface area contributed by atoms with Gasteiger partial charge in [0.1, 0.15) is 18.1 Å². The fourth-order valence-corrected chi connectivity index (χ4v) is 6.02. The number of benzene rings is 2. The smallest absolute Gasteiger partial charge is 0.243 e. The number of carbonyl (C=O) groups is 3. The molecular formula is C33H45N3O5. The highest BCUT2D eigenvalue weighted by Gasteiger charge is 2.41. The number of primary amides is 1. The van der Waals surface area contributed by atoms with Crippen LogP contribution in [0.1, 0.15) is 87.5 Å². The van der Waals surface area contributed by atoms with Gasteiger partial charge in [-0.25, -0.2) is 0 Å². The van der Waals surface area contributed by atoms with Gasteiger partial charge < -0.3 is 30.6 Å². The van der Waals surface area contributed by atoms with E-state index >= 15 is 0 Å². The molecule has 2 aliphatic rings. The molecule has 2 heterocycles. The molecule has 0 bridgehead atoms. The summed E-state index contributed by atoms with van der Waals surface area (Å²) in [6.45, 7) is 3.93. The highest BCUT2D eigenvalue weighted by Crippen LogP contribution is 2.40. The predicted molar refractivity (Wildman–Crippen MR) is 159 cm³/mol. The number of hydrogen-bond donors (Lipinski definition) is 3. The molecule has 4 N–H and O–H groups in total. The Morgan fingerprint density at radius 3 is 2.51 bits per heavy atom. The van der Waals surface area contributed by atoms with Crippen molar-refractivity contribution in [3.8, 4) is 0 Å². The number of aryl methyl sites for hydroxylation is 2. The lowest BCUT2D eigenvalue weighted by Crippen LogP contribution is -2.54. The summed E-state index contributed by atoms with van der Waals surface area (Å²) < 4.78 is 6.19. The number of hydrogen-bond acceptors (Lipinski definition) is 6. The van der Waals surface area contributed by atoms with E-state index in [-0.39, 0.29) is 24.2 Å². The largest absolute Gasteiger partial charge is 0.374 e. The summed E-state index contributed by atoms with van der Waals surface area (Å²) >= 11 is 0. The van der Waals surface area contributed by atoms with Crippen LogP contribution in [0.2, 0.25) is 0 Å². The van der Waals surface area contributed by atoms with Crippen LogP contribution in [-0.2, 0) is 45.0 Å². The molecule has 4 rings (SSSR count). The molecule has 2 aliphatic heterocycles. The number of nitrogens with one attached hydrogen (secondary N) is 1. The minimum Gasteiger partial charge on any atom is -0.374 e. The van der Waals surface area contributed by atoms with E-state index in [2.05, 4.69) is 35.6 Å². The van der Waals surface area contributed by atoms with Crippen LogP contribution in [0.3, 0.4) is 0 Å². The van der Waals surface area contributed by atoms with Gasteiger partial charge in [-0.05, 0) is 81.0 Å². The molecule has 2 amide bonds. The van der Waals surface area contributed by atoms with E-state index < -0.39 is 24.2 Å². The lowest BCUT2D eigenvalue weighted by Gasteiger charge is -2.33. The third-order valence-corrected chi connectivity index (χ3v) is 8.37. The average molecular weight is 564 g/mol. The van der Waals surface area contributed by atoms with Gasteiger partial charge in [-0.15, -0.1) is 0 Å². The topological polar surface area (TPSA) is 122 Å². The van der Waals surface area contributed by atoms with Crippen LogP contribution < -0.4 is 16.0 Å². The lowest BCUT2D eigenvalue weighted by atomic mass is 10.0. The van der Waals surface area contributed by atoms with Crippen molar-refractivity contribution in [1.82, 2.24) is 5.32 Å². The van der Waals surface area contributed by atoms with E-state index in [1.165, 1.54) is 11.1 Å². The normalized spacial score (nSPS) is 19.2. The van der Waals surface area contributed by atoms with Gasteiger partial charge in [0.25, 0.3) is 0 Å². The first-order valence-corrected chi connectivity index (χ1v) is 15.1. The average Bonchev–Trinajstić information content (AvgIpc) is 3.26.